The van der Waals surface area contributed by atoms with E-state index >= 15 is 0 Å². The van der Waals surface area contributed by atoms with Crippen molar-refractivity contribution in [1.29, 1.82) is 0 Å². The molecule has 1 aromatic heterocycles. The van der Waals surface area contributed by atoms with Crippen molar-refractivity contribution in [3.05, 3.63) is 35.1 Å². The number of benzene rings is 1. The van der Waals surface area contributed by atoms with Gasteiger partial charge in [-0.05, 0) is 23.9 Å². The zero-order chi connectivity index (χ0) is 12.0. The molecule has 1 N–H and O–H groups in total. The van der Waals surface area contributed by atoms with Crippen LogP contribution >= 0.6 is 0 Å². The minimum atomic E-state index is 0.140. The second-order valence-corrected chi connectivity index (χ2v) is 5.91. The fourth-order valence-corrected chi connectivity index (χ4v) is 2.64. The monoisotopic (exact) mass is 229 g/mol. The minimum absolute atomic E-state index is 0.140. The first-order valence-electron chi connectivity index (χ1n) is 6.30. The van der Waals surface area contributed by atoms with E-state index in [2.05, 4.69) is 38.2 Å². The van der Waals surface area contributed by atoms with Crippen LogP contribution in [0.2, 0.25) is 0 Å². The van der Waals surface area contributed by atoms with Crippen molar-refractivity contribution in [2.24, 2.45) is 0 Å². The molecule has 1 aliphatic rings. The van der Waals surface area contributed by atoms with E-state index in [9.17, 15) is 0 Å². The van der Waals surface area contributed by atoms with Gasteiger partial charge in [0.05, 0.1) is 6.26 Å². The van der Waals surface area contributed by atoms with Crippen molar-refractivity contribution in [2.75, 3.05) is 6.54 Å². The van der Waals surface area contributed by atoms with E-state index in [-0.39, 0.29) is 5.41 Å². The lowest BCUT2D eigenvalue weighted by atomic mass is 9.86. The Labute approximate surface area is 102 Å². The molecule has 0 radical (unpaired) electrons. The Hall–Kier alpha value is -1.28. The van der Waals surface area contributed by atoms with Crippen molar-refractivity contribution < 1.29 is 4.42 Å². The first kappa shape index (κ1) is 10.8. The van der Waals surface area contributed by atoms with Gasteiger partial charge in [-0.15, -0.1) is 0 Å². The van der Waals surface area contributed by atoms with E-state index in [0.29, 0.717) is 0 Å². The van der Waals surface area contributed by atoms with E-state index < -0.39 is 0 Å². The molecule has 3 rings (SSSR count). The third kappa shape index (κ3) is 1.67. The molecule has 0 unspecified atom stereocenters. The van der Waals surface area contributed by atoms with Crippen LogP contribution in [0.3, 0.4) is 0 Å². The molecule has 0 bridgehead atoms. The smallest absolute Gasteiger partial charge is 0.138 e. The number of furan rings is 1. The Morgan fingerprint density at radius 1 is 1.24 bits per heavy atom. The highest BCUT2D eigenvalue weighted by Gasteiger charge is 2.22. The average molecular weight is 229 g/mol. The van der Waals surface area contributed by atoms with Crippen molar-refractivity contribution in [1.82, 2.24) is 5.32 Å². The number of hydrogen-bond donors (Lipinski definition) is 1. The van der Waals surface area contributed by atoms with Crippen LogP contribution in [0.1, 0.15) is 37.5 Å². The van der Waals surface area contributed by atoms with Crippen molar-refractivity contribution >= 4 is 11.0 Å². The number of hydrogen-bond acceptors (Lipinski definition) is 2. The quantitative estimate of drug-likeness (QED) is 0.749. The molecule has 0 atom stereocenters. The Kier molecular flexibility index (Phi) is 2.30. The zero-order valence-corrected chi connectivity index (χ0v) is 10.8. The van der Waals surface area contributed by atoms with Gasteiger partial charge in [0.25, 0.3) is 0 Å². The summed E-state index contributed by atoms with van der Waals surface area (Å²) < 4.78 is 5.83. The molecule has 2 aromatic rings. The fourth-order valence-electron chi connectivity index (χ4n) is 2.64. The third-order valence-corrected chi connectivity index (χ3v) is 3.62. The molecule has 0 saturated heterocycles. The van der Waals surface area contributed by atoms with Gasteiger partial charge in [-0.3, -0.25) is 0 Å². The number of fused-ring (bicyclic) bond motifs is 3. The predicted octanol–water partition coefficient (Wildman–Crippen LogP) is 3.38. The highest BCUT2D eigenvalue weighted by molar-refractivity contribution is 5.86. The number of nitrogens with one attached hydrogen (secondary N) is 1. The van der Waals surface area contributed by atoms with Crippen molar-refractivity contribution in [3.63, 3.8) is 0 Å². The molecule has 2 heteroatoms. The van der Waals surface area contributed by atoms with Crippen molar-refractivity contribution in [2.45, 2.75) is 39.2 Å². The summed E-state index contributed by atoms with van der Waals surface area (Å²) in [5.74, 6) is 0. The molecule has 0 fully saturated rings. The van der Waals surface area contributed by atoms with E-state index in [1.54, 1.807) is 0 Å². The van der Waals surface area contributed by atoms with Crippen LogP contribution in [-0.2, 0) is 18.4 Å². The first-order chi connectivity index (χ1) is 8.07. The molecule has 2 heterocycles. The van der Waals surface area contributed by atoms with Gasteiger partial charge in [0.2, 0.25) is 0 Å². The largest absolute Gasteiger partial charge is 0.464 e. The maximum atomic E-state index is 5.83. The second kappa shape index (κ2) is 3.61. The molecule has 2 nitrogen and oxygen atoms in total. The maximum Gasteiger partial charge on any atom is 0.138 e. The van der Waals surface area contributed by atoms with E-state index in [4.69, 9.17) is 4.42 Å². The summed E-state index contributed by atoms with van der Waals surface area (Å²) in [5, 5.41) is 4.70. The first-order valence-corrected chi connectivity index (χ1v) is 6.30. The van der Waals surface area contributed by atoms with Crippen LogP contribution in [0.25, 0.3) is 11.0 Å². The van der Waals surface area contributed by atoms with E-state index in [1.807, 2.05) is 6.26 Å². The van der Waals surface area contributed by atoms with Gasteiger partial charge in [0.1, 0.15) is 5.58 Å². The van der Waals surface area contributed by atoms with Crippen LogP contribution in [-0.4, -0.2) is 6.54 Å². The lowest BCUT2D eigenvalue weighted by molar-refractivity contribution is 0.552. The Morgan fingerprint density at radius 2 is 2.06 bits per heavy atom. The van der Waals surface area contributed by atoms with E-state index in [1.165, 1.54) is 22.1 Å². The molecule has 0 saturated carbocycles. The molecular weight excluding hydrogens is 210 g/mol. The van der Waals surface area contributed by atoms with Gasteiger partial charge in [-0.1, -0.05) is 32.9 Å². The lowest BCUT2D eigenvalue weighted by Gasteiger charge is -2.19. The molecule has 1 aromatic carbocycles. The Morgan fingerprint density at radius 3 is 2.82 bits per heavy atom. The van der Waals surface area contributed by atoms with Gasteiger partial charge in [0.15, 0.2) is 0 Å². The second-order valence-electron chi connectivity index (χ2n) is 5.91. The minimum Gasteiger partial charge on any atom is -0.464 e. The molecule has 0 spiro atoms. The van der Waals surface area contributed by atoms with Crippen LogP contribution in [0.5, 0.6) is 0 Å². The van der Waals surface area contributed by atoms with Crippen molar-refractivity contribution in [3.8, 4) is 0 Å². The summed E-state index contributed by atoms with van der Waals surface area (Å²) in [6, 6.07) is 4.49. The summed E-state index contributed by atoms with van der Waals surface area (Å²) >= 11 is 0. The molecule has 90 valence electrons. The fraction of sp³-hybridized carbons (Fsp3) is 0.467. The SMILES string of the molecule is CC(C)(C)c1coc2c3c(ccc12)CCNC3. The molecule has 0 amide bonds. The molecular formula is C15H19NO. The van der Waals surface area contributed by atoms with Gasteiger partial charge < -0.3 is 9.73 Å². The average Bonchev–Trinajstić information content (AvgIpc) is 2.72. The maximum absolute atomic E-state index is 5.83. The molecule has 1 aliphatic heterocycles. The van der Waals surface area contributed by atoms with E-state index in [0.717, 1.165) is 25.1 Å². The Bertz CT molecular complexity index is 560. The molecule has 0 aliphatic carbocycles. The van der Waals surface area contributed by atoms with Gasteiger partial charge in [-0.25, -0.2) is 0 Å². The Balaban J connectivity index is 2.26. The standard InChI is InChI=1S/C15H19NO/c1-15(2,3)13-9-17-14-11(13)5-4-10-6-7-16-8-12(10)14/h4-5,9,16H,6-8H2,1-3H3. The lowest BCUT2D eigenvalue weighted by Crippen LogP contribution is -2.23. The van der Waals surface area contributed by atoms with Crippen LogP contribution in [0.15, 0.2) is 22.8 Å². The third-order valence-electron chi connectivity index (χ3n) is 3.62. The van der Waals surface area contributed by atoms with Gasteiger partial charge >= 0.3 is 0 Å². The summed E-state index contributed by atoms with van der Waals surface area (Å²) in [5.41, 5.74) is 5.32. The predicted molar refractivity (Wildman–Crippen MR) is 70.3 cm³/mol. The zero-order valence-electron chi connectivity index (χ0n) is 10.8. The van der Waals surface area contributed by atoms with Crippen LogP contribution in [0.4, 0.5) is 0 Å². The molecule has 17 heavy (non-hydrogen) atoms. The number of rotatable bonds is 0. The van der Waals surface area contributed by atoms with Crippen LogP contribution in [0, 0.1) is 0 Å². The highest BCUT2D eigenvalue weighted by atomic mass is 16.3. The van der Waals surface area contributed by atoms with Crippen LogP contribution < -0.4 is 5.32 Å². The van der Waals surface area contributed by atoms with Gasteiger partial charge in [-0.2, -0.15) is 0 Å². The van der Waals surface area contributed by atoms with Gasteiger partial charge in [0, 0.05) is 23.1 Å². The summed E-state index contributed by atoms with van der Waals surface area (Å²) in [6.07, 6.45) is 3.04. The normalized spacial score (nSPS) is 16.2. The topological polar surface area (TPSA) is 25.2 Å². The summed E-state index contributed by atoms with van der Waals surface area (Å²) in [6.45, 7) is 8.70. The highest BCUT2D eigenvalue weighted by Crippen LogP contribution is 2.35. The summed E-state index contributed by atoms with van der Waals surface area (Å²) in [7, 11) is 0. The summed E-state index contributed by atoms with van der Waals surface area (Å²) in [4.78, 5) is 0.